The summed E-state index contributed by atoms with van der Waals surface area (Å²) in [6.45, 7) is 8.12. The zero-order valence-corrected chi connectivity index (χ0v) is 20.1. The highest BCUT2D eigenvalue weighted by molar-refractivity contribution is 7.91. The van der Waals surface area contributed by atoms with Gasteiger partial charge in [-0.05, 0) is 42.7 Å². The molecule has 0 aromatic heterocycles. The highest BCUT2D eigenvalue weighted by atomic mass is 32.2. The Bertz CT molecular complexity index is 1170. The fourth-order valence-corrected chi connectivity index (χ4v) is 6.46. The first kappa shape index (κ1) is 24.7. The van der Waals surface area contributed by atoms with Crippen molar-refractivity contribution in [1.82, 2.24) is 5.32 Å². The standard InChI is InChI=1S/C26H31NO5S/c1-5-6-14-26(18(2)3)17-33(30,31)23-15-20(12-13-24(28)29)22(32-4)16-21(23)25(27-26)19-10-8-7-9-11-19/h7-13,15-16,25,27H,2,5-6,14,17H2,1,3-4H3,(H,28,29). The number of unbranched alkanes of at least 4 members (excludes halogenated alkanes) is 1. The van der Waals surface area contributed by atoms with Crippen molar-refractivity contribution in [2.24, 2.45) is 0 Å². The van der Waals surface area contributed by atoms with E-state index >= 15 is 0 Å². The lowest BCUT2D eigenvalue weighted by atomic mass is 9.85. The van der Waals surface area contributed by atoms with Crippen LogP contribution in [-0.2, 0) is 14.6 Å². The second-order valence-electron chi connectivity index (χ2n) is 8.52. The summed E-state index contributed by atoms with van der Waals surface area (Å²) in [7, 11) is -2.27. The van der Waals surface area contributed by atoms with E-state index in [0.717, 1.165) is 30.1 Å². The first-order valence-electron chi connectivity index (χ1n) is 11.0. The molecular weight excluding hydrogens is 438 g/mol. The van der Waals surface area contributed by atoms with Crippen LogP contribution in [0.1, 0.15) is 55.8 Å². The van der Waals surface area contributed by atoms with Gasteiger partial charge in [0.2, 0.25) is 0 Å². The Balaban J connectivity index is 2.32. The van der Waals surface area contributed by atoms with E-state index < -0.39 is 27.4 Å². The Hall–Kier alpha value is -2.90. The van der Waals surface area contributed by atoms with Crippen LogP contribution in [0.2, 0.25) is 0 Å². The number of sulfone groups is 1. The van der Waals surface area contributed by atoms with Crippen LogP contribution in [0.3, 0.4) is 0 Å². The first-order chi connectivity index (χ1) is 15.6. The van der Waals surface area contributed by atoms with Gasteiger partial charge >= 0.3 is 5.97 Å². The Morgan fingerprint density at radius 1 is 1.30 bits per heavy atom. The molecule has 0 saturated carbocycles. The van der Waals surface area contributed by atoms with Crippen molar-refractivity contribution in [1.29, 1.82) is 0 Å². The minimum atomic E-state index is -3.75. The van der Waals surface area contributed by atoms with Gasteiger partial charge in [-0.25, -0.2) is 13.2 Å². The molecule has 0 fully saturated rings. The number of rotatable bonds is 8. The molecule has 3 rings (SSSR count). The van der Waals surface area contributed by atoms with E-state index in [4.69, 9.17) is 9.84 Å². The van der Waals surface area contributed by atoms with Crippen LogP contribution in [0.15, 0.2) is 65.6 Å². The van der Waals surface area contributed by atoms with Gasteiger partial charge in [0, 0.05) is 11.6 Å². The molecule has 0 aliphatic carbocycles. The molecule has 0 bridgehead atoms. The van der Waals surface area contributed by atoms with E-state index in [1.165, 1.54) is 19.3 Å². The van der Waals surface area contributed by atoms with Crippen LogP contribution in [-0.4, -0.2) is 37.9 Å². The van der Waals surface area contributed by atoms with Crippen molar-refractivity contribution in [2.45, 2.75) is 49.6 Å². The summed E-state index contributed by atoms with van der Waals surface area (Å²) < 4.78 is 33.1. The zero-order valence-electron chi connectivity index (χ0n) is 19.3. The molecule has 1 heterocycles. The van der Waals surface area contributed by atoms with Crippen molar-refractivity contribution in [3.63, 3.8) is 0 Å². The fourth-order valence-electron chi connectivity index (χ4n) is 4.34. The number of ether oxygens (including phenoxy) is 1. The second-order valence-corrected chi connectivity index (χ2v) is 10.5. The molecule has 2 aromatic carbocycles. The van der Waals surface area contributed by atoms with Gasteiger partial charge in [0.05, 0.1) is 29.3 Å². The molecule has 33 heavy (non-hydrogen) atoms. The molecule has 176 valence electrons. The first-order valence-corrected chi connectivity index (χ1v) is 12.6. The van der Waals surface area contributed by atoms with Gasteiger partial charge < -0.3 is 9.84 Å². The zero-order chi connectivity index (χ0) is 24.2. The summed E-state index contributed by atoms with van der Waals surface area (Å²) in [5, 5.41) is 12.7. The third-order valence-corrected chi connectivity index (χ3v) is 8.07. The molecule has 2 atom stereocenters. The lowest BCUT2D eigenvalue weighted by Crippen LogP contribution is -2.51. The van der Waals surface area contributed by atoms with Crippen LogP contribution < -0.4 is 10.1 Å². The number of benzene rings is 2. The van der Waals surface area contributed by atoms with Crippen LogP contribution >= 0.6 is 0 Å². The fraction of sp³-hybridized carbons (Fsp3) is 0.346. The molecule has 0 radical (unpaired) electrons. The van der Waals surface area contributed by atoms with Gasteiger partial charge in [-0.3, -0.25) is 5.32 Å². The van der Waals surface area contributed by atoms with Crippen LogP contribution in [0.4, 0.5) is 0 Å². The predicted molar refractivity (Wildman–Crippen MR) is 130 cm³/mol. The number of carboxylic acid groups (broad SMARTS) is 1. The van der Waals surface area contributed by atoms with Crippen molar-refractivity contribution in [2.75, 3.05) is 12.9 Å². The molecule has 0 amide bonds. The minimum absolute atomic E-state index is 0.125. The second kappa shape index (κ2) is 9.93. The Morgan fingerprint density at radius 2 is 2.00 bits per heavy atom. The van der Waals surface area contributed by atoms with Gasteiger partial charge in [0.1, 0.15) is 5.75 Å². The number of methoxy groups -OCH3 is 1. The number of carboxylic acids is 1. The van der Waals surface area contributed by atoms with Crippen molar-refractivity contribution < 1.29 is 23.1 Å². The normalized spacial score (nSPS) is 21.8. The molecule has 2 aromatic rings. The maximum absolute atomic E-state index is 13.8. The summed E-state index contributed by atoms with van der Waals surface area (Å²) >= 11 is 0. The molecule has 2 unspecified atom stereocenters. The molecule has 0 saturated heterocycles. The Morgan fingerprint density at radius 3 is 2.58 bits per heavy atom. The Labute approximate surface area is 195 Å². The number of carbonyl (C=O) groups is 1. The van der Waals surface area contributed by atoms with Crippen LogP contribution in [0.25, 0.3) is 6.08 Å². The van der Waals surface area contributed by atoms with Crippen molar-refractivity contribution >= 4 is 21.9 Å². The molecular formula is C26H31NO5S. The van der Waals surface area contributed by atoms with E-state index in [9.17, 15) is 13.2 Å². The quantitative estimate of drug-likeness (QED) is 0.428. The third kappa shape index (κ3) is 5.20. The van der Waals surface area contributed by atoms with E-state index in [1.54, 1.807) is 6.07 Å². The smallest absolute Gasteiger partial charge is 0.328 e. The van der Waals surface area contributed by atoms with Gasteiger partial charge in [0.25, 0.3) is 0 Å². The Kier molecular flexibility index (Phi) is 7.44. The average Bonchev–Trinajstić information content (AvgIpc) is 2.88. The maximum atomic E-state index is 13.8. The average molecular weight is 470 g/mol. The third-order valence-electron chi connectivity index (χ3n) is 6.18. The van der Waals surface area contributed by atoms with E-state index in [2.05, 4.69) is 18.8 Å². The summed E-state index contributed by atoms with van der Waals surface area (Å²) in [4.78, 5) is 11.3. The van der Waals surface area contributed by atoms with Gasteiger partial charge in [-0.2, -0.15) is 0 Å². The topological polar surface area (TPSA) is 92.7 Å². The lowest BCUT2D eigenvalue weighted by molar-refractivity contribution is -0.131. The number of hydrogen-bond donors (Lipinski definition) is 2. The molecule has 0 spiro atoms. The predicted octanol–water partition coefficient (Wildman–Crippen LogP) is 4.76. The summed E-state index contributed by atoms with van der Waals surface area (Å²) in [6, 6.07) is 12.5. The molecule has 2 N–H and O–H groups in total. The minimum Gasteiger partial charge on any atom is -0.496 e. The number of nitrogens with one attached hydrogen (secondary N) is 1. The maximum Gasteiger partial charge on any atom is 0.328 e. The SMILES string of the molecule is C=C(C)C1(CCCC)CS(=O)(=O)c2cc(C=CC(=O)O)c(OC)cc2C(c2ccccc2)N1. The number of fused-ring (bicyclic) bond motifs is 1. The molecule has 1 aliphatic heterocycles. The van der Waals surface area contributed by atoms with Crippen LogP contribution in [0, 0.1) is 0 Å². The monoisotopic (exact) mass is 469 g/mol. The molecule has 7 heteroatoms. The highest BCUT2D eigenvalue weighted by Gasteiger charge is 2.43. The largest absolute Gasteiger partial charge is 0.496 e. The number of hydrogen-bond acceptors (Lipinski definition) is 5. The van der Waals surface area contributed by atoms with Gasteiger partial charge in [0.15, 0.2) is 9.84 Å². The lowest BCUT2D eigenvalue weighted by Gasteiger charge is -2.37. The van der Waals surface area contributed by atoms with Crippen molar-refractivity contribution in [3.8, 4) is 5.75 Å². The summed E-state index contributed by atoms with van der Waals surface area (Å²) in [6.07, 6.45) is 4.74. The summed E-state index contributed by atoms with van der Waals surface area (Å²) in [5.74, 6) is -0.847. The summed E-state index contributed by atoms with van der Waals surface area (Å²) in [5.41, 5.74) is 1.86. The van der Waals surface area contributed by atoms with Gasteiger partial charge in [-0.15, -0.1) is 0 Å². The van der Waals surface area contributed by atoms with E-state index in [-0.39, 0.29) is 10.6 Å². The highest BCUT2D eigenvalue weighted by Crippen LogP contribution is 2.41. The molecule has 6 nitrogen and oxygen atoms in total. The van der Waals surface area contributed by atoms with Crippen LogP contribution in [0.5, 0.6) is 5.75 Å². The number of aliphatic carboxylic acids is 1. The molecule has 1 aliphatic rings. The van der Waals surface area contributed by atoms with Crippen molar-refractivity contribution in [3.05, 3.63) is 77.4 Å². The van der Waals surface area contributed by atoms with E-state index in [0.29, 0.717) is 23.3 Å². The van der Waals surface area contributed by atoms with Gasteiger partial charge in [-0.1, -0.05) is 62.2 Å². The van der Waals surface area contributed by atoms with E-state index in [1.807, 2.05) is 37.3 Å².